The molecule has 7 heteroatoms. The number of likely N-dealkylation sites (tertiary alicyclic amines) is 1. The summed E-state index contributed by atoms with van der Waals surface area (Å²) in [6.07, 6.45) is 6.69. The van der Waals surface area contributed by atoms with E-state index in [2.05, 4.69) is 32.3 Å². The maximum absolute atomic E-state index is 10.5. The van der Waals surface area contributed by atoms with Gasteiger partial charge in [-0.2, -0.15) is 0 Å². The number of hydrogen-bond acceptors (Lipinski definition) is 6. The van der Waals surface area contributed by atoms with E-state index < -0.39 is 5.97 Å². The Kier molecular flexibility index (Phi) is 5.80. The van der Waals surface area contributed by atoms with E-state index in [1.54, 1.807) is 19.5 Å². The number of benzene rings is 1. The van der Waals surface area contributed by atoms with Crippen LogP contribution in [0.1, 0.15) is 17.7 Å². The van der Waals surface area contributed by atoms with Crippen molar-refractivity contribution >= 4 is 17.9 Å². The lowest BCUT2D eigenvalue weighted by Crippen LogP contribution is -2.26. The number of carbonyl (C=O) groups is 1. The number of aliphatic carboxylic acids is 1. The Bertz CT molecular complexity index is 777. The number of nitrogens with zero attached hydrogens (tertiary/aromatic N) is 3. The van der Waals surface area contributed by atoms with E-state index in [1.165, 1.54) is 11.6 Å². The molecule has 7 nitrogen and oxygen atoms in total. The molecule has 1 aliphatic rings. The lowest BCUT2D eigenvalue weighted by molar-refractivity contribution is -0.131. The van der Waals surface area contributed by atoms with Crippen molar-refractivity contribution in [3.8, 4) is 5.75 Å². The number of carboxylic acid groups (broad SMARTS) is 1. The number of anilines is 1. The van der Waals surface area contributed by atoms with Crippen LogP contribution in [0.15, 0.2) is 42.7 Å². The number of hydrogen-bond donors (Lipinski definition) is 2. The molecule has 1 aliphatic heterocycles. The molecule has 2 heterocycles. The molecular formula is C19H22N4O3. The van der Waals surface area contributed by atoms with Gasteiger partial charge in [0.05, 0.1) is 25.2 Å². The molecule has 0 saturated carbocycles. The first-order valence-corrected chi connectivity index (χ1v) is 8.47. The zero-order chi connectivity index (χ0) is 18.4. The third-order valence-electron chi connectivity index (χ3n) is 4.23. The van der Waals surface area contributed by atoms with Crippen LogP contribution in [0, 0.1) is 0 Å². The van der Waals surface area contributed by atoms with Gasteiger partial charge in [-0.3, -0.25) is 9.88 Å². The lowest BCUT2D eigenvalue weighted by atomic mass is 10.2. The van der Waals surface area contributed by atoms with Gasteiger partial charge in [-0.25, -0.2) is 9.78 Å². The molecule has 0 radical (unpaired) electrons. The third-order valence-corrected chi connectivity index (χ3v) is 4.23. The summed E-state index contributed by atoms with van der Waals surface area (Å²) in [6.45, 7) is 2.83. The maximum Gasteiger partial charge on any atom is 0.328 e. The highest BCUT2D eigenvalue weighted by Crippen LogP contribution is 2.19. The molecule has 1 saturated heterocycles. The van der Waals surface area contributed by atoms with Crippen molar-refractivity contribution < 1.29 is 14.6 Å². The summed E-state index contributed by atoms with van der Waals surface area (Å²) in [7, 11) is 1.68. The molecule has 2 N–H and O–H groups in total. The number of ether oxygens (including phenoxy) is 1. The van der Waals surface area contributed by atoms with Gasteiger partial charge in [0.15, 0.2) is 0 Å². The van der Waals surface area contributed by atoms with Crippen LogP contribution in [0.25, 0.3) is 6.08 Å². The Balaban J connectivity index is 1.51. The molecule has 0 unspecified atom stereocenters. The fourth-order valence-electron chi connectivity index (χ4n) is 2.99. The van der Waals surface area contributed by atoms with E-state index in [4.69, 9.17) is 9.84 Å². The fourth-order valence-corrected chi connectivity index (χ4v) is 2.99. The maximum atomic E-state index is 10.5. The van der Waals surface area contributed by atoms with Crippen LogP contribution >= 0.6 is 0 Å². The van der Waals surface area contributed by atoms with Crippen molar-refractivity contribution in [1.29, 1.82) is 0 Å². The summed E-state index contributed by atoms with van der Waals surface area (Å²) in [6, 6.07) is 8.45. The Morgan fingerprint density at radius 2 is 2.31 bits per heavy atom. The largest absolute Gasteiger partial charge is 0.497 e. The van der Waals surface area contributed by atoms with Crippen LogP contribution in [-0.4, -0.2) is 52.2 Å². The minimum Gasteiger partial charge on any atom is -0.497 e. The zero-order valence-corrected chi connectivity index (χ0v) is 14.6. The van der Waals surface area contributed by atoms with Crippen LogP contribution in [0.4, 0.5) is 5.82 Å². The van der Waals surface area contributed by atoms with Gasteiger partial charge in [-0.15, -0.1) is 0 Å². The number of aromatic nitrogens is 2. The molecule has 0 aliphatic carbocycles. The SMILES string of the molecule is COc1cccc(CN2CC[C@@H](Nc3cnc(/C=C/C(=O)O)cn3)C2)c1. The Morgan fingerprint density at radius 3 is 3.04 bits per heavy atom. The van der Waals surface area contributed by atoms with Gasteiger partial charge in [0.25, 0.3) is 0 Å². The van der Waals surface area contributed by atoms with Crippen molar-refractivity contribution in [2.24, 2.45) is 0 Å². The topological polar surface area (TPSA) is 87.6 Å². The van der Waals surface area contributed by atoms with Crippen molar-refractivity contribution in [1.82, 2.24) is 14.9 Å². The van der Waals surface area contributed by atoms with E-state index in [0.717, 1.165) is 37.9 Å². The Morgan fingerprint density at radius 1 is 1.42 bits per heavy atom. The first-order chi connectivity index (χ1) is 12.6. The van der Waals surface area contributed by atoms with E-state index in [9.17, 15) is 4.79 Å². The Hall–Kier alpha value is -2.93. The second-order valence-electron chi connectivity index (χ2n) is 6.21. The van der Waals surface area contributed by atoms with Crippen molar-refractivity contribution in [2.45, 2.75) is 19.0 Å². The molecule has 136 valence electrons. The van der Waals surface area contributed by atoms with Gasteiger partial charge in [-0.05, 0) is 30.2 Å². The van der Waals surface area contributed by atoms with Crippen LogP contribution in [0.5, 0.6) is 5.75 Å². The lowest BCUT2D eigenvalue weighted by Gasteiger charge is -2.17. The van der Waals surface area contributed by atoms with Crippen molar-refractivity contribution in [2.75, 3.05) is 25.5 Å². The predicted molar refractivity (Wildman–Crippen MR) is 99.0 cm³/mol. The van der Waals surface area contributed by atoms with Crippen LogP contribution in [0.2, 0.25) is 0 Å². The van der Waals surface area contributed by atoms with Gasteiger partial charge in [-0.1, -0.05) is 12.1 Å². The number of methoxy groups -OCH3 is 1. The van der Waals surface area contributed by atoms with E-state index in [1.807, 2.05) is 12.1 Å². The quantitative estimate of drug-likeness (QED) is 0.738. The van der Waals surface area contributed by atoms with Crippen LogP contribution in [-0.2, 0) is 11.3 Å². The van der Waals surface area contributed by atoms with Crippen molar-refractivity contribution in [3.05, 3.63) is 54.0 Å². The summed E-state index contributed by atoms with van der Waals surface area (Å²) in [4.78, 5) is 21.4. The summed E-state index contributed by atoms with van der Waals surface area (Å²) in [5, 5.41) is 12.0. The summed E-state index contributed by atoms with van der Waals surface area (Å²) in [5.74, 6) is 0.575. The normalized spacial score (nSPS) is 17.5. The molecule has 0 spiro atoms. The monoisotopic (exact) mass is 354 g/mol. The standard InChI is InChI=1S/C19H22N4O3/c1-26-17-4-2-3-14(9-17)12-23-8-7-16(13-23)22-18-11-20-15(10-21-18)5-6-19(24)25/h2-6,9-11,16H,7-8,12-13H2,1H3,(H,21,22)(H,24,25)/b6-5+/t16-/m1/s1. The summed E-state index contributed by atoms with van der Waals surface area (Å²) >= 11 is 0. The molecule has 1 aromatic heterocycles. The molecule has 2 aromatic rings. The van der Waals surface area contributed by atoms with Gasteiger partial charge >= 0.3 is 5.97 Å². The minimum atomic E-state index is -1.00. The molecular weight excluding hydrogens is 332 g/mol. The first-order valence-electron chi connectivity index (χ1n) is 8.47. The zero-order valence-electron chi connectivity index (χ0n) is 14.6. The molecule has 1 aromatic carbocycles. The third kappa shape index (κ3) is 5.03. The second kappa shape index (κ2) is 8.44. The Labute approximate surface area is 152 Å². The van der Waals surface area contributed by atoms with Gasteiger partial charge < -0.3 is 15.2 Å². The van der Waals surface area contributed by atoms with Crippen molar-refractivity contribution in [3.63, 3.8) is 0 Å². The average Bonchev–Trinajstić information content (AvgIpc) is 3.08. The van der Waals surface area contributed by atoms with Crippen LogP contribution in [0.3, 0.4) is 0 Å². The molecule has 0 bridgehead atoms. The summed E-state index contributed by atoms with van der Waals surface area (Å²) < 4.78 is 5.28. The summed E-state index contributed by atoms with van der Waals surface area (Å²) in [5.41, 5.74) is 1.75. The molecule has 3 rings (SSSR count). The molecule has 0 amide bonds. The molecule has 1 atom stereocenters. The van der Waals surface area contributed by atoms with Gasteiger partial charge in [0, 0.05) is 31.8 Å². The van der Waals surface area contributed by atoms with E-state index in [-0.39, 0.29) is 0 Å². The highest BCUT2D eigenvalue weighted by molar-refractivity contribution is 5.84. The second-order valence-corrected chi connectivity index (χ2v) is 6.21. The minimum absolute atomic E-state index is 0.315. The fraction of sp³-hybridized carbons (Fsp3) is 0.316. The average molecular weight is 354 g/mol. The van der Waals surface area contributed by atoms with Gasteiger partial charge in [0.1, 0.15) is 11.6 Å². The highest BCUT2D eigenvalue weighted by atomic mass is 16.5. The smallest absolute Gasteiger partial charge is 0.328 e. The molecule has 1 fully saturated rings. The highest BCUT2D eigenvalue weighted by Gasteiger charge is 2.22. The number of carboxylic acids is 1. The first kappa shape index (κ1) is 17.9. The van der Waals surface area contributed by atoms with E-state index in [0.29, 0.717) is 17.6 Å². The number of nitrogens with one attached hydrogen (secondary N) is 1. The van der Waals surface area contributed by atoms with Gasteiger partial charge in [0.2, 0.25) is 0 Å². The predicted octanol–water partition coefficient (Wildman–Crippen LogP) is 2.27. The molecule has 26 heavy (non-hydrogen) atoms. The van der Waals surface area contributed by atoms with E-state index >= 15 is 0 Å². The number of rotatable bonds is 7. The van der Waals surface area contributed by atoms with Crippen LogP contribution < -0.4 is 10.1 Å².